The van der Waals surface area contributed by atoms with Gasteiger partial charge in [0, 0.05) is 17.5 Å². The summed E-state index contributed by atoms with van der Waals surface area (Å²) in [4.78, 5) is 16.7. The Balaban J connectivity index is 1.44. The van der Waals surface area contributed by atoms with Gasteiger partial charge in [0.15, 0.2) is 0 Å². The van der Waals surface area contributed by atoms with Crippen LogP contribution in [-0.4, -0.2) is 37.1 Å². The van der Waals surface area contributed by atoms with Crippen LogP contribution < -0.4 is 10.0 Å². The largest absolute Gasteiger partial charge is 0.352 e. The molecule has 8 nitrogen and oxygen atoms in total. The molecule has 156 valence electrons. The lowest BCUT2D eigenvalue weighted by atomic mass is 9.95. The third-order valence-corrected chi connectivity index (χ3v) is 7.04. The number of nitrogens with zero attached hydrogens (tertiary/aromatic N) is 2. The van der Waals surface area contributed by atoms with E-state index in [1.165, 1.54) is 12.5 Å². The first-order valence-electron chi connectivity index (χ1n) is 10.2. The second-order valence-corrected chi connectivity index (χ2v) is 9.67. The Labute approximate surface area is 170 Å². The molecular weight excluding hydrogens is 392 g/mol. The highest BCUT2D eigenvalue weighted by Gasteiger charge is 2.30. The molecule has 2 aliphatic rings. The van der Waals surface area contributed by atoms with Gasteiger partial charge in [-0.25, -0.2) is 13.1 Å². The fraction of sp³-hybridized carbons (Fsp3) is 0.550. The number of aromatic nitrogens is 2. The van der Waals surface area contributed by atoms with E-state index in [1.807, 2.05) is 0 Å². The van der Waals surface area contributed by atoms with E-state index in [-0.39, 0.29) is 23.4 Å². The molecule has 1 amide bonds. The van der Waals surface area contributed by atoms with Gasteiger partial charge in [0.2, 0.25) is 27.6 Å². The molecule has 1 aromatic heterocycles. The van der Waals surface area contributed by atoms with Gasteiger partial charge in [-0.15, -0.1) is 0 Å². The average Bonchev–Trinajstić information content (AvgIpc) is 3.44. The van der Waals surface area contributed by atoms with Gasteiger partial charge in [-0.1, -0.05) is 36.6 Å². The number of amides is 1. The van der Waals surface area contributed by atoms with Gasteiger partial charge in [-0.05, 0) is 44.2 Å². The van der Waals surface area contributed by atoms with E-state index in [4.69, 9.17) is 4.52 Å². The highest BCUT2D eigenvalue weighted by atomic mass is 32.2. The molecule has 0 radical (unpaired) electrons. The summed E-state index contributed by atoms with van der Waals surface area (Å²) in [6, 6.07) is 5.15. The van der Waals surface area contributed by atoms with Crippen LogP contribution in [0.5, 0.6) is 0 Å². The van der Waals surface area contributed by atoms with Crippen molar-refractivity contribution in [2.75, 3.05) is 6.54 Å². The molecule has 9 heteroatoms. The van der Waals surface area contributed by atoms with E-state index in [1.54, 1.807) is 19.1 Å². The molecule has 2 aliphatic carbocycles. The molecule has 29 heavy (non-hydrogen) atoms. The maximum atomic E-state index is 12.8. The number of hydrogen-bond acceptors (Lipinski definition) is 6. The van der Waals surface area contributed by atoms with Gasteiger partial charge < -0.3 is 9.84 Å². The molecule has 0 aliphatic heterocycles. The summed E-state index contributed by atoms with van der Waals surface area (Å²) < 4.78 is 33.3. The van der Waals surface area contributed by atoms with E-state index < -0.39 is 10.0 Å². The summed E-state index contributed by atoms with van der Waals surface area (Å²) in [6.45, 7) is 1.43. The van der Waals surface area contributed by atoms with Gasteiger partial charge in [0.25, 0.3) is 0 Å². The van der Waals surface area contributed by atoms with Crippen molar-refractivity contribution in [3.63, 3.8) is 0 Å². The van der Waals surface area contributed by atoms with Crippen LogP contribution in [0.4, 0.5) is 0 Å². The van der Waals surface area contributed by atoms with Gasteiger partial charge >= 0.3 is 0 Å². The molecule has 4 rings (SSSR count). The summed E-state index contributed by atoms with van der Waals surface area (Å²) in [5.74, 6) is 0.997. The van der Waals surface area contributed by atoms with Gasteiger partial charge in [-0.3, -0.25) is 4.79 Å². The monoisotopic (exact) mass is 418 g/mol. The lowest BCUT2D eigenvalue weighted by Gasteiger charge is -2.22. The maximum Gasteiger partial charge on any atom is 0.241 e. The number of rotatable bonds is 7. The Bertz CT molecular complexity index is 992. The molecule has 1 aromatic carbocycles. The number of carbonyl (C=O) groups is 1. The minimum absolute atomic E-state index is 0.109. The second-order valence-electron chi connectivity index (χ2n) is 7.94. The second kappa shape index (κ2) is 8.23. The Hall–Kier alpha value is -2.26. The summed E-state index contributed by atoms with van der Waals surface area (Å²) in [5, 5.41) is 6.89. The van der Waals surface area contributed by atoms with E-state index >= 15 is 0 Å². The van der Waals surface area contributed by atoms with Gasteiger partial charge in [0.05, 0.1) is 11.4 Å². The van der Waals surface area contributed by atoms with Crippen LogP contribution in [-0.2, 0) is 14.8 Å². The molecule has 1 heterocycles. The maximum absolute atomic E-state index is 12.8. The van der Waals surface area contributed by atoms with Crippen molar-refractivity contribution >= 4 is 15.9 Å². The zero-order valence-electron chi connectivity index (χ0n) is 16.5. The molecule has 0 bridgehead atoms. The van der Waals surface area contributed by atoms with Crippen molar-refractivity contribution in [2.45, 2.75) is 68.7 Å². The van der Waals surface area contributed by atoms with Crippen molar-refractivity contribution in [1.82, 2.24) is 20.2 Å². The molecule has 2 aromatic rings. The summed E-state index contributed by atoms with van der Waals surface area (Å²) in [7, 11) is -3.85. The molecule has 0 atom stereocenters. The van der Waals surface area contributed by atoms with Crippen LogP contribution in [0, 0.1) is 6.92 Å². The van der Waals surface area contributed by atoms with Crippen LogP contribution in [0.3, 0.4) is 0 Å². The molecular formula is C20H26N4O4S. The minimum Gasteiger partial charge on any atom is -0.352 e. The minimum atomic E-state index is -3.85. The first-order chi connectivity index (χ1) is 13.9. The fourth-order valence-corrected chi connectivity index (χ4v) is 4.89. The predicted octanol–water partition coefficient (Wildman–Crippen LogP) is 2.65. The zero-order valence-corrected chi connectivity index (χ0v) is 17.3. The van der Waals surface area contributed by atoms with E-state index in [0.29, 0.717) is 28.8 Å². The summed E-state index contributed by atoms with van der Waals surface area (Å²) >= 11 is 0. The third kappa shape index (κ3) is 4.84. The standard InChI is InChI=1S/C20H26N4O4S/c1-13-7-8-15(19-23-20(28-24-19)14-9-10-14)11-17(13)29(26,27)21-12-18(25)22-16-5-3-2-4-6-16/h7-8,11,14,16,21H,2-6,9-10,12H2,1H3,(H,22,25). The molecule has 2 saturated carbocycles. The van der Waals surface area contributed by atoms with E-state index in [9.17, 15) is 13.2 Å². The zero-order chi connectivity index (χ0) is 20.4. The number of aryl methyl sites for hydroxylation is 1. The molecule has 2 N–H and O–H groups in total. The number of benzene rings is 1. The van der Waals surface area contributed by atoms with Crippen LogP contribution >= 0.6 is 0 Å². The Morgan fingerprint density at radius 2 is 1.93 bits per heavy atom. The fourth-order valence-electron chi connectivity index (χ4n) is 3.64. The predicted molar refractivity (Wildman–Crippen MR) is 107 cm³/mol. The normalized spacial score (nSPS) is 18.0. The Kier molecular flexibility index (Phi) is 5.69. The van der Waals surface area contributed by atoms with Crippen molar-refractivity contribution in [2.24, 2.45) is 0 Å². The quantitative estimate of drug-likeness (QED) is 0.714. The van der Waals surface area contributed by atoms with Gasteiger partial charge in [0.1, 0.15) is 0 Å². The topological polar surface area (TPSA) is 114 Å². The van der Waals surface area contributed by atoms with Crippen molar-refractivity contribution in [3.8, 4) is 11.4 Å². The van der Waals surface area contributed by atoms with Crippen LogP contribution in [0.15, 0.2) is 27.6 Å². The third-order valence-electron chi connectivity index (χ3n) is 5.50. The highest BCUT2D eigenvalue weighted by molar-refractivity contribution is 7.89. The van der Waals surface area contributed by atoms with Gasteiger partial charge in [-0.2, -0.15) is 4.98 Å². The van der Waals surface area contributed by atoms with Crippen molar-refractivity contribution in [3.05, 3.63) is 29.7 Å². The van der Waals surface area contributed by atoms with E-state index in [0.717, 1.165) is 38.5 Å². The summed E-state index contributed by atoms with van der Waals surface area (Å²) in [6.07, 6.45) is 7.38. The number of sulfonamides is 1. The Morgan fingerprint density at radius 3 is 2.66 bits per heavy atom. The lowest BCUT2D eigenvalue weighted by Crippen LogP contribution is -2.42. The van der Waals surface area contributed by atoms with Crippen LogP contribution in [0.1, 0.15) is 62.3 Å². The average molecular weight is 419 g/mol. The highest BCUT2D eigenvalue weighted by Crippen LogP contribution is 2.39. The molecule has 0 saturated heterocycles. The molecule has 0 unspecified atom stereocenters. The summed E-state index contributed by atoms with van der Waals surface area (Å²) in [5.41, 5.74) is 1.15. The lowest BCUT2D eigenvalue weighted by molar-refractivity contribution is -0.120. The van der Waals surface area contributed by atoms with Crippen LogP contribution in [0.25, 0.3) is 11.4 Å². The Morgan fingerprint density at radius 1 is 1.17 bits per heavy atom. The number of hydrogen-bond donors (Lipinski definition) is 2. The molecule has 2 fully saturated rings. The number of carbonyl (C=O) groups excluding carboxylic acids is 1. The smallest absolute Gasteiger partial charge is 0.241 e. The molecule has 0 spiro atoms. The van der Waals surface area contributed by atoms with Crippen LogP contribution in [0.2, 0.25) is 0 Å². The van der Waals surface area contributed by atoms with E-state index in [2.05, 4.69) is 20.2 Å². The SMILES string of the molecule is Cc1ccc(-c2noc(C3CC3)n2)cc1S(=O)(=O)NCC(=O)NC1CCCCC1. The van der Waals surface area contributed by atoms with Crippen molar-refractivity contribution < 1.29 is 17.7 Å². The first-order valence-corrected chi connectivity index (χ1v) is 11.6. The first kappa shape index (κ1) is 20.0. The number of nitrogens with one attached hydrogen (secondary N) is 2. The van der Waals surface area contributed by atoms with Crippen molar-refractivity contribution in [1.29, 1.82) is 0 Å².